The maximum absolute atomic E-state index is 12.1. The number of ether oxygens (including phenoxy) is 1. The Bertz CT molecular complexity index is 712. The highest BCUT2D eigenvalue weighted by atomic mass is 35.5. The number of carbonyl (C=O) groups is 1. The molecular weight excluding hydrogens is 388 g/mol. The second-order valence-electron chi connectivity index (χ2n) is 7.17. The van der Waals surface area contributed by atoms with E-state index in [9.17, 15) is 4.79 Å². The van der Waals surface area contributed by atoms with Crippen LogP contribution in [0.2, 0.25) is 0 Å². The van der Waals surface area contributed by atoms with Crippen LogP contribution in [0.1, 0.15) is 52.9 Å². The van der Waals surface area contributed by atoms with Crippen molar-refractivity contribution in [3.05, 3.63) is 48.5 Å². The Kier molecular flexibility index (Phi) is 9.94. The van der Waals surface area contributed by atoms with Gasteiger partial charge in [0.1, 0.15) is 11.1 Å². The van der Waals surface area contributed by atoms with Gasteiger partial charge in [0.2, 0.25) is 0 Å². The molecule has 0 heterocycles. The highest BCUT2D eigenvalue weighted by molar-refractivity contribution is 7.99. The lowest BCUT2D eigenvalue weighted by molar-refractivity contribution is -0.134. The quantitative estimate of drug-likeness (QED) is 0.124. The minimum Gasteiger partial charge on any atom is -0.425 e. The molecule has 1 unspecified atom stereocenters. The van der Waals surface area contributed by atoms with Gasteiger partial charge >= 0.3 is 5.97 Å². The van der Waals surface area contributed by atoms with Crippen molar-refractivity contribution in [1.82, 2.24) is 0 Å². The molecule has 0 spiro atoms. The van der Waals surface area contributed by atoms with E-state index in [0.29, 0.717) is 5.75 Å². The van der Waals surface area contributed by atoms with E-state index in [4.69, 9.17) is 16.3 Å². The van der Waals surface area contributed by atoms with Crippen LogP contribution in [0.3, 0.4) is 0 Å². The zero-order chi connectivity index (χ0) is 20.4. The van der Waals surface area contributed by atoms with E-state index < -0.39 is 5.38 Å². The molecule has 0 aliphatic heterocycles. The van der Waals surface area contributed by atoms with E-state index in [1.54, 1.807) is 0 Å². The average molecular weight is 419 g/mol. The van der Waals surface area contributed by atoms with Gasteiger partial charge in [-0.1, -0.05) is 70.7 Å². The first kappa shape index (κ1) is 22.8. The third kappa shape index (κ3) is 7.18. The highest BCUT2D eigenvalue weighted by Crippen LogP contribution is 2.27. The Morgan fingerprint density at radius 2 is 1.57 bits per heavy atom. The van der Waals surface area contributed by atoms with Crippen molar-refractivity contribution in [2.24, 2.45) is 5.92 Å². The van der Waals surface area contributed by atoms with E-state index in [1.165, 1.54) is 36.3 Å². The SMILES string of the molecule is CCCCCCSc1ccc(-c2ccc(OC(=O)[C@@H](Cl)C(C)CC)cc2)cc1. The fraction of sp³-hybridized carbons (Fsp3) is 0.458. The molecule has 0 bridgehead atoms. The van der Waals surface area contributed by atoms with E-state index in [-0.39, 0.29) is 11.9 Å². The van der Waals surface area contributed by atoms with Crippen LogP contribution in [0.5, 0.6) is 5.75 Å². The molecule has 0 saturated heterocycles. The van der Waals surface area contributed by atoms with Crippen molar-refractivity contribution in [1.29, 1.82) is 0 Å². The number of hydrogen-bond donors (Lipinski definition) is 0. The van der Waals surface area contributed by atoms with Gasteiger partial charge in [-0.05, 0) is 53.5 Å². The zero-order valence-corrected chi connectivity index (χ0v) is 18.7. The number of halogens is 1. The number of thioether (sulfide) groups is 1. The van der Waals surface area contributed by atoms with Crippen LogP contribution < -0.4 is 4.74 Å². The standard InChI is InChI=1S/C24H31ClO2S/c1-4-6-7-8-17-28-22-15-11-20(12-16-22)19-9-13-21(14-10-19)27-24(26)23(25)18(3)5-2/h9-16,18,23H,4-8,17H2,1-3H3/t18?,23-/m0/s1. The maximum atomic E-state index is 12.1. The molecule has 0 radical (unpaired) electrons. The van der Waals surface area contributed by atoms with Crippen LogP contribution in [0, 0.1) is 5.92 Å². The van der Waals surface area contributed by atoms with Crippen LogP contribution in [0.25, 0.3) is 11.1 Å². The molecule has 0 aliphatic carbocycles. The van der Waals surface area contributed by atoms with Gasteiger partial charge in [0.25, 0.3) is 0 Å². The summed E-state index contributed by atoms with van der Waals surface area (Å²) in [4.78, 5) is 13.4. The van der Waals surface area contributed by atoms with Gasteiger partial charge in [0.05, 0.1) is 0 Å². The number of unbranched alkanes of at least 4 members (excludes halogenated alkanes) is 3. The molecular formula is C24H31ClO2S. The lowest BCUT2D eigenvalue weighted by atomic mass is 10.0. The van der Waals surface area contributed by atoms with E-state index in [1.807, 2.05) is 49.9 Å². The normalized spacial score (nSPS) is 13.1. The second kappa shape index (κ2) is 12.2. The molecule has 2 atom stereocenters. The fourth-order valence-electron chi connectivity index (χ4n) is 2.79. The molecule has 0 fully saturated rings. The first-order valence-corrected chi connectivity index (χ1v) is 11.7. The summed E-state index contributed by atoms with van der Waals surface area (Å²) in [6, 6.07) is 16.2. The molecule has 2 aromatic rings. The molecule has 0 saturated carbocycles. The second-order valence-corrected chi connectivity index (χ2v) is 8.80. The summed E-state index contributed by atoms with van der Waals surface area (Å²) in [5.41, 5.74) is 2.26. The van der Waals surface area contributed by atoms with Gasteiger partial charge < -0.3 is 4.74 Å². The Morgan fingerprint density at radius 1 is 0.964 bits per heavy atom. The smallest absolute Gasteiger partial charge is 0.329 e. The van der Waals surface area contributed by atoms with Crippen molar-refractivity contribution in [2.75, 3.05) is 5.75 Å². The van der Waals surface area contributed by atoms with Crippen molar-refractivity contribution < 1.29 is 9.53 Å². The van der Waals surface area contributed by atoms with Gasteiger partial charge in [0, 0.05) is 4.90 Å². The first-order chi connectivity index (χ1) is 13.5. The largest absolute Gasteiger partial charge is 0.425 e. The number of alkyl halides is 1. The van der Waals surface area contributed by atoms with Gasteiger partial charge in [-0.2, -0.15) is 0 Å². The Labute approximate surface area is 179 Å². The van der Waals surface area contributed by atoms with Gasteiger partial charge in [-0.15, -0.1) is 23.4 Å². The lowest BCUT2D eigenvalue weighted by Crippen LogP contribution is -2.26. The molecule has 2 rings (SSSR count). The van der Waals surface area contributed by atoms with Crippen molar-refractivity contribution in [3.8, 4) is 16.9 Å². The molecule has 0 aromatic heterocycles. The van der Waals surface area contributed by atoms with Gasteiger partial charge in [-0.3, -0.25) is 4.79 Å². The summed E-state index contributed by atoms with van der Waals surface area (Å²) in [5.74, 6) is 1.42. The van der Waals surface area contributed by atoms with Crippen LogP contribution in [0.4, 0.5) is 0 Å². The number of benzene rings is 2. The third-order valence-electron chi connectivity index (χ3n) is 4.90. The summed E-state index contributed by atoms with van der Waals surface area (Å²) < 4.78 is 5.41. The fourth-order valence-corrected chi connectivity index (χ4v) is 3.93. The van der Waals surface area contributed by atoms with Gasteiger partial charge in [0.15, 0.2) is 0 Å². The summed E-state index contributed by atoms with van der Waals surface area (Å²) in [6.07, 6.45) is 6.05. The molecule has 2 aromatic carbocycles. The van der Waals surface area contributed by atoms with Gasteiger partial charge in [-0.25, -0.2) is 0 Å². The maximum Gasteiger partial charge on any atom is 0.329 e. The summed E-state index contributed by atoms with van der Waals surface area (Å²) in [5, 5.41) is -0.614. The van der Waals surface area contributed by atoms with Crippen molar-refractivity contribution >= 4 is 29.3 Å². The molecule has 0 aliphatic rings. The Morgan fingerprint density at radius 3 is 2.14 bits per heavy atom. The monoisotopic (exact) mass is 418 g/mol. The minimum atomic E-state index is -0.614. The Hall–Kier alpha value is -1.45. The molecule has 2 nitrogen and oxygen atoms in total. The summed E-state index contributed by atoms with van der Waals surface area (Å²) in [6.45, 7) is 6.21. The molecule has 4 heteroatoms. The van der Waals surface area contributed by atoms with E-state index in [0.717, 1.165) is 17.5 Å². The zero-order valence-electron chi connectivity index (χ0n) is 17.1. The topological polar surface area (TPSA) is 26.3 Å². The number of rotatable bonds is 11. The van der Waals surface area contributed by atoms with Crippen molar-refractivity contribution in [3.63, 3.8) is 0 Å². The predicted molar refractivity (Wildman–Crippen MR) is 121 cm³/mol. The Balaban J connectivity index is 1.89. The predicted octanol–water partition coefficient (Wildman–Crippen LogP) is 7.58. The lowest BCUT2D eigenvalue weighted by Gasteiger charge is -2.15. The van der Waals surface area contributed by atoms with Crippen molar-refractivity contribution in [2.45, 2.75) is 63.1 Å². The third-order valence-corrected chi connectivity index (χ3v) is 6.60. The van der Waals surface area contributed by atoms with E-state index in [2.05, 4.69) is 31.2 Å². The van der Waals surface area contributed by atoms with Crippen LogP contribution in [-0.4, -0.2) is 17.1 Å². The number of carbonyl (C=O) groups excluding carboxylic acids is 1. The van der Waals surface area contributed by atoms with Crippen LogP contribution >= 0.6 is 23.4 Å². The molecule has 152 valence electrons. The molecule has 0 amide bonds. The summed E-state index contributed by atoms with van der Waals surface area (Å²) in [7, 11) is 0. The number of esters is 1. The van der Waals surface area contributed by atoms with Crippen LogP contribution in [-0.2, 0) is 4.79 Å². The number of hydrogen-bond acceptors (Lipinski definition) is 3. The minimum absolute atomic E-state index is 0.0940. The summed E-state index contributed by atoms with van der Waals surface area (Å²) >= 11 is 8.08. The van der Waals surface area contributed by atoms with Crippen LogP contribution in [0.15, 0.2) is 53.4 Å². The molecule has 0 N–H and O–H groups in total. The average Bonchev–Trinajstić information content (AvgIpc) is 2.73. The van der Waals surface area contributed by atoms with E-state index >= 15 is 0 Å². The first-order valence-electron chi connectivity index (χ1n) is 10.2. The molecule has 28 heavy (non-hydrogen) atoms. The highest BCUT2D eigenvalue weighted by Gasteiger charge is 2.23.